The van der Waals surface area contributed by atoms with E-state index in [0.717, 1.165) is 11.1 Å². The molecule has 1 aliphatic rings. The first-order chi connectivity index (χ1) is 16.4. The zero-order valence-electron chi connectivity index (χ0n) is 18.4. The molecule has 3 aromatic rings. The molecule has 182 valence electrons. The quantitative estimate of drug-likeness (QED) is 0.316. The maximum atomic E-state index is 14.1. The molecule has 0 saturated heterocycles. The summed E-state index contributed by atoms with van der Waals surface area (Å²) in [5, 5.41) is 5.65. The van der Waals surface area contributed by atoms with Crippen LogP contribution in [-0.2, 0) is 4.79 Å². The Balaban J connectivity index is 1.52. The van der Waals surface area contributed by atoms with E-state index >= 15 is 0 Å². The van der Waals surface area contributed by atoms with Gasteiger partial charge in [0.25, 0.3) is 5.91 Å². The molecule has 3 aromatic carbocycles. The molecule has 4 nitrogen and oxygen atoms in total. The molecule has 0 aliphatic heterocycles. The van der Waals surface area contributed by atoms with Gasteiger partial charge in [-0.05, 0) is 66.9 Å². The van der Waals surface area contributed by atoms with Crippen molar-refractivity contribution in [2.24, 2.45) is 5.92 Å². The molecular formula is C25H18Cl4F2N2O2. The van der Waals surface area contributed by atoms with E-state index in [1.165, 1.54) is 31.2 Å². The van der Waals surface area contributed by atoms with E-state index in [9.17, 15) is 18.4 Å². The van der Waals surface area contributed by atoms with Gasteiger partial charge in [0.1, 0.15) is 16.0 Å². The minimum Gasteiger partial charge on any atom is -0.326 e. The minimum absolute atomic E-state index is 0.0216. The SMILES string of the molecule is Cc1cc(Cl)cc([C@H]2[C@H](C(=O)Nc3ccc(Cl)c(C(=O)Nc4cc(C)c(F)cc4F)c3)C2(Cl)Cl)c1. The lowest BCUT2D eigenvalue weighted by molar-refractivity contribution is -0.117. The van der Waals surface area contributed by atoms with Crippen molar-refractivity contribution in [2.45, 2.75) is 24.1 Å². The van der Waals surface area contributed by atoms with Crippen molar-refractivity contribution < 1.29 is 18.4 Å². The van der Waals surface area contributed by atoms with Gasteiger partial charge in [0, 0.05) is 22.7 Å². The summed E-state index contributed by atoms with van der Waals surface area (Å²) < 4.78 is 26.3. The Kier molecular flexibility index (Phi) is 7.04. The lowest BCUT2D eigenvalue weighted by atomic mass is 10.1. The van der Waals surface area contributed by atoms with Gasteiger partial charge in [0.15, 0.2) is 0 Å². The molecule has 2 atom stereocenters. The first-order valence-corrected chi connectivity index (χ1v) is 11.9. The van der Waals surface area contributed by atoms with Crippen LogP contribution in [0.3, 0.4) is 0 Å². The first-order valence-electron chi connectivity index (χ1n) is 10.4. The van der Waals surface area contributed by atoms with Crippen molar-refractivity contribution in [1.82, 2.24) is 0 Å². The molecule has 10 heteroatoms. The predicted octanol–water partition coefficient (Wildman–Crippen LogP) is 7.67. The number of carbonyl (C=O) groups excluding carboxylic acids is 2. The van der Waals surface area contributed by atoms with Crippen LogP contribution in [0.15, 0.2) is 48.5 Å². The largest absolute Gasteiger partial charge is 0.326 e. The molecular weight excluding hydrogens is 540 g/mol. The Bertz CT molecular complexity index is 1340. The fourth-order valence-electron chi connectivity index (χ4n) is 3.95. The first kappa shape index (κ1) is 25.7. The molecule has 0 unspecified atom stereocenters. The zero-order chi connectivity index (χ0) is 25.7. The van der Waals surface area contributed by atoms with Crippen LogP contribution in [-0.4, -0.2) is 16.1 Å². The number of benzene rings is 3. The second-order valence-electron chi connectivity index (χ2n) is 8.41. The summed E-state index contributed by atoms with van der Waals surface area (Å²) in [6.07, 6.45) is 0. The smallest absolute Gasteiger partial charge is 0.257 e. The molecule has 0 bridgehead atoms. The number of alkyl halides is 2. The van der Waals surface area contributed by atoms with Crippen LogP contribution < -0.4 is 10.6 Å². The Morgan fingerprint density at radius 1 is 0.914 bits per heavy atom. The van der Waals surface area contributed by atoms with Gasteiger partial charge in [-0.15, -0.1) is 23.2 Å². The Morgan fingerprint density at radius 2 is 1.63 bits per heavy atom. The van der Waals surface area contributed by atoms with Crippen molar-refractivity contribution >= 4 is 69.6 Å². The summed E-state index contributed by atoms with van der Waals surface area (Å²) in [5.41, 5.74) is 1.85. The summed E-state index contributed by atoms with van der Waals surface area (Å²) in [5.74, 6) is -4.08. The molecule has 1 saturated carbocycles. The van der Waals surface area contributed by atoms with Crippen molar-refractivity contribution in [1.29, 1.82) is 0 Å². The minimum atomic E-state index is -1.33. The van der Waals surface area contributed by atoms with Crippen molar-refractivity contribution in [2.75, 3.05) is 10.6 Å². The van der Waals surface area contributed by atoms with Gasteiger partial charge in [-0.3, -0.25) is 9.59 Å². The van der Waals surface area contributed by atoms with Crippen LogP contribution in [0.4, 0.5) is 20.2 Å². The molecule has 1 fully saturated rings. The van der Waals surface area contributed by atoms with E-state index in [0.29, 0.717) is 11.1 Å². The van der Waals surface area contributed by atoms with Gasteiger partial charge in [0.05, 0.1) is 22.2 Å². The predicted molar refractivity (Wildman–Crippen MR) is 136 cm³/mol. The number of carbonyl (C=O) groups is 2. The highest BCUT2D eigenvalue weighted by atomic mass is 35.5. The van der Waals surface area contributed by atoms with Gasteiger partial charge in [-0.25, -0.2) is 8.78 Å². The number of rotatable bonds is 5. The van der Waals surface area contributed by atoms with Crippen LogP contribution in [0.25, 0.3) is 0 Å². The summed E-state index contributed by atoms with van der Waals surface area (Å²) in [4.78, 5) is 25.7. The fraction of sp³-hybridized carbons (Fsp3) is 0.200. The Labute approximate surface area is 220 Å². The lowest BCUT2D eigenvalue weighted by Crippen LogP contribution is -2.18. The summed E-state index contributed by atoms with van der Waals surface area (Å²) in [6, 6.07) is 11.5. The van der Waals surface area contributed by atoms with E-state index < -0.39 is 39.6 Å². The fourth-order valence-corrected chi connectivity index (χ4v) is 5.28. The van der Waals surface area contributed by atoms with Crippen LogP contribution >= 0.6 is 46.4 Å². The van der Waals surface area contributed by atoms with Gasteiger partial charge in [0.2, 0.25) is 5.91 Å². The number of anilines is 2. The summed E-state index contributed by atoms with van der Waals surface area (Å²) >= 11 is 25.1. The van der Waals surface area contributed by atoms with Crippen molar-refractivity contribution in [3.8, 4) is 0 Å². The van der Waals surface area contributed by atoms with E-state index in [1.807, 2.05) is 13.0 Å². The van der Waals surface area contributed by atoms with Gasteiger partial charge < -0.3 is 10.6 Å². The van der Waals surface area contributed by atoms with Crippen molar-refractivity contribution in [3.05, 3.63) is 92.5 Å². The zero-order valence-corrected chi connectivity index (χ0v) is 21.4. The maximum absolute atomic E-state index is 14.1. The second kappa shape index (κ2) is 9.58. The van der Waals surface area contributed by atoms with Gasteiger partial charge in [-0.2, -0.15) is 0 Å². The van der Waals surface area contributed by atoms with Crippen LogP contribution in [0.5, 0.6) is 0 Å². The van der Waals surface area contributed by atoms with Crippen LogP contribution in [0, 0.1) is 31.4 Å². The number of nitrogens with one attached hydrogen (secondary N) is 2. The van der Waals surface area contributed by atoms with E-state index in [1.54, 1.807) is 12.1 Å². The van der Waals surface area contributed by atoms with E-state index in [4.69, 9.17) is 46.4 Å². The Hall–Kier alpha value is -2.38. The van der Waals surface area contributed by atoms with Gasteiger partial charge in [-0.1, -0.05) is 29.3 Å². The molecule has 35 heavy (non-hydrogen) atoms. The standard InChI is InChI=1S/C25H18Cl4F2N2O2/c1-11-5-13(8-14(26)6-11)21-22(25(21,28)29)24(35)32-15-3-4-17(27)16(9-15)23(34)33-20-7-12(2)18(30)10-19(20)31/h3-10,21-22H,1-2H3,(H,32,35)(H,33,34)/t21-,22+/m0/s1. The topological polar surface area (TPSA) is 58.2 Å². The molecule has 1 aliphatic carbocycles. The average molecular weight is 558 g/mol. The van der Waals surface area contributed by atoms with E-state index in [2.05, 4.69) is 10.6 Å². The molecule has 0 aromatic heterocycles. The maximum Gasteiger partial charge on any atom is 0.257 e. The summed E-state index contributed by atoms with van der Waals surface area (Å²) in [7, 11) is 0. The third kappa shape index (κ3) is 5.26. The highest BCUT2D eigenvalue weighted by Crippen LogP contribution is 2.65. The number of amides is 2. The third-order valence-corrected chi connectivity index (χ3v) is 7.22. The molecule has 0 spiro atoms. The van der Waals surface area contributed by atoms with Crippen LogP contribution in [0.2, 0.25) is 10.0 Å². The summed E-state index contributed by atoms with van der Waals surface area (Å²) in [6.45, 7) is 3.31. The normalized spacial score (nSPS) is 18.2. The second-order valence-corrected chi connectivity index (χ2v) is 10.7. The molecule has 0 heterocycles. The molecule has 2 N–H and O–H groups in total. The lowest BCUT2D eigenvalue weighted by Gasteiger charge is -2.11. The average Bonchev–Trinajstić information content (AvgIpc) is 3.34. The Morgan fingerprint density at radius 3 is 2.31 bits per heavy atom. The molecule has 4 rings (SSSR count). The molecule has 2 amide bonds. The number of halogens is 6. The number of hydrogen-bond donors (Lipinski definition) is 2. The number of hydrogen-bond acceptors (Lipinski definition) is 2. The highest BCUT2D eigenvalue weighted by Gasteiger charge is 2.67. The third-order valence-electron chi connectivity index (χ3n) is 5.73. The number of aryl methyl sites for hydroxylation is 2. The monoisotopic (exact) mass is 556 g/mol. The van der Waals surface area contributed by atoms with Crippen molar-refractivity contribution in [3.63, 3.8) is 0 Å². The van der Waals surface area contributed by atoms with Gasteiger partial charge >= 0.3 is 0 Å². The van der Waals surface area contributed by atoms with Crippen LogP contribution in [0.1, 0.15) is 33.0 Å². The highest BCUT2D eigenvalue weighted by molar-refractivity contribution is 6.53. The molecule has 0 radical (unpaired) electrons. The van der Waals surface area contributed by atoms with E-state index in [-0.39, 0.29) is 27.5 Å².